The summed E-state index contributed by atoms with van der Waals surface area (Å²) < 4.78 is 0. The molecule has 2 aromatic carbocycles. The van der Waals surface area contributed by atoms with Gasteiger partial charge in [0.2, 0.25) is 11.8 Å². The minimum Gasteiger partial charge on any atom is -0.352 e. The fourth-order valence-electron chi connectivity index (χ4n) is 3.26. The van der Waals surface area contributed by atoms with Gasteiger partial charge in [-0.2, -0.15) is 11.8 Å². The molecule has 0 bridgehead atoms. The first-order chi connectivity index (χ1) is 15.3. The molecule has 4 nitrogen and oxygen atoms in total. The SMILES string of the molecule is CC[C@@H](C)NC(=O)[C@@H](CC)N(Cc1ccc(Cl)cc1Cl)C(=O)CCSCc1ccccc1. The monoisotopic (exact) mass is 494 g/mol. The highest BCUT2D eigenvalue weighted by Crippen LogP contribution is 2.24. The highest BCUT2D eigenvalue weighted by Gasteiger charge is 2.29. The summed E-state index contributed by atoms with van der Waals surface area (Å²) in [5.74, 6) is 1.35. The zero-order valence-corrected chi connectivity index (χ0v) is 21.3. The third kappa shape index (κ3) is 8.34. The van der Waals surface area contributed by atoms with Gasteiger partial charge in [0.05, 0.1) is 0 Å². The molecule has 0 fully saturated rings. The summed E-state index contributed by atoms with van der Waals surface area (Å²) in [4.78, 5) is 27.9. The van der Waals surface area contributed by atoms with Crippen LogP contribution >= 0.6 is 35.0 Å². The third-order valence-electron chi connectivity index (χ3n) is 5.31. The number of halogens is 2. The number of thioether (sulfide) groups is 1. The molecule has 0 aromatic heterocycles. The van der Waals surface area contributed by atoms with Crippen LogP contribution in [0.25, 0.3) is 0 Å². The van der Waals surface area contributed by atoms with Crippen LogP contribution in [0.15, 0.2) is 48.5 Å². The minimum absolute atomic E-state index is 0.0500. The Balaban J connectivity index is 2.11. The molecule has 2 aromatic rings. The molecule has 0 aliphatic heterocycles. The number of rotatable bonds is 12. The average Bonchev–Trinajstić information content (AvgIpc) is 2.78. The molecule has 2 atom stereocenters. The molecule has 0 saturated carbocycles. The van der Waals surface area contributed by atoms with Crippen LogP contribution < -0.4 is 5.32 Å². The van der Waals surface area contributed by atoms with Crippen LogP contribution in [-0.4, -0.2) is 34.6 Å². The van der Waals surface area contributed by atoms with Gasteiger partial charge in [-0.1, -0.05) is 73.4 Å². The fourth-order valence-corrected chi connectivity index (χ4v) is 4.62. The van der Waals surface area contributed by atoms with Crippen molar-refractivity contribution in [3.8, 4) is 0 Å². The predicted octanol–water partition coefficient (Wildman–Crippen LogP) is 6.34. The first-order valence-electron chi connectivity index (χ1n) is 11.0. The van der Waals surface area contributed by atoms with E-state index in [1.54, 1.807) is 28.8 Å². The maximum atomic E-state index is 13.3. The Labute approximate surface area is 206 Å². The molecule has 0 radical (unpaired) electrons. The summed E-state index contributed by atoms with van der Waals surface area (Å²) in [5.41, 5.74) is 2.00. The molecule has 0 saturated heterocycles. The van der Waals surface area contributed by atoms with Crippen molar-refractivity contribution in [2.75, 3.05) is 5.75 Å². The van der Waals surface area contributed by atoms with E-state index in [0.717, 1.165) is 17.7 Å². The quantitative estimate of drug-likeness (QED) is 0.350. The maximum Gasteiger partial charge on any atom is 0.243 e. The Kier molecular flexibility index (Phi) is 11.4. The molecule has 2 rings (SSSR count). The number of amides is 2. The number of nitrogens with zero attached hydrogens (tertiary/aromatic N) is 1. The molecular weight excluding hydrogens is 463 g/mol. The minimum atomic E-state index is -0.553. The van der Waals surface area contributed by atoms with Crippen LogP contribution in [0.5, 0.6) is 0 Å². The van der Waals surface area contributed by atoms with E-state index in [1.807, 2.05) is 45.0 Å². The van der Waals surface area contributed by atoms with Crippen molar-refractivity contribution < 1.29 is 9.59 Å². The lowest BCUT2D eigenvalue weighted by Gasteiger charge is -2.31. The fraction of sp³-hybridized carbons (Fsp3) is 0.440. The van der Waals surface area contributed by atoms with E-state index in [1.165, 1.54) is 5.56 Å². The lowest BCUT2D eigenvalue weighted by molar-refractivity contribution is -0.141. The number of hydrogen-bond acceptors (Lipinski definition) is 3. The van der Waals surface area contributed by atoms with Gasteiger partial charge in [0.15, 0.2) is 0 Å². The van der Waals surface area contributed by atoms with Crippen molar-refractivity contribution in [2.45, 2.75) is 64.4 Å². The molecule has 0 aliphatic rings. The normalized spacial score (nSPS) is 12.8. The first kappa shape index (κ1) is 26.6. The summed E-state index contributed by atoms with van der Waals surface area (Å²) in [6.45, 7) is 6.18. The summed E-state index contributed by atoms with van der Waals surface area (Å²) >= 11 is 14.1. The van der Waals surface area contributed by atoms with E-state index in [2.05, 4.69) is 17.4 Å². The molecule has 1 N–H and O–H groups in total. The van der Waals surface area contributed by atoms with Gasteiger partial charge in [0.25, 0.3) is 0 Å². The van der Waals surface area contributed by atoms with Crippen molar-refractivity contribution in [3.63, 3.8) is 0 Å². The first-order valence-corrected chi connectivity index (χ1v) is 12.9. The van der Waals surface area contributed by atoms with E-state index < -0.39 is 6.04 Å². The second-order valence-corrected chi connectivity index (χ2v) is 9.74. The van der Waals surface area contributed by atoms with Gasteiger partial charge < -0.3 is 10.2 Å². The van der Waals surface area contributed by atoms with Crippen LogP contribution in [0.1, 0.15) is 51.2 Å². The van der Waals surface area contributed by atoms with Gasteiger partial charge in [-0.3, -0.25) is 9.59 Å². The molecule has 0 spiro atoms. The van der Waals surface area contributed by atoms with E-state index in [9.17, 15) is 9.59 Å². The highest BCUT2D eigenvalue weighted by molar-refractivity contribution is 7.98. The van der Waals surface area contributed by atoms with Gasteiger partial charge in [0, 0.05) is 40.6 Å². The lowest BCUT2D eigenvalue weighted by atomic mass is 10.1. The Bertz CT molecular complexity index is 880. The van der Waals surface area contributed by atoms with Crippen LogP contribution in [0.3, 0.4) is 0 Å². The van der Waals surface area contributed by atoms with Crippen molar-refractivity contribution >= 4 is 46.8 Å². The summed E-state index contributed by atoms with van der Waals surface area (Å²) in [6.07, 6.45) is 1.71. The Hall–Kier alpha value is -1.69. The van der Waals surface area contributed by atoms with E-state index >= 15 is 0 Å². The van der Waals surface area contributed by atoms with Crippen LogP contribution in [0.4, 0.5) is 0 Å². The molecule has 2 amide bonds. The topological polar surface area (TPSA) is 49.4 Å². The van der Waals surface area contributed by atoms with Crippen molar-refractivity contribution in [3.05, 3.63) is 69.7 Å². The number of carbonyl (C=O) groups is 2. The van der Waals surface area contributed by atoms with Crippen molar-refractivity contribution in [2.24, 2.45) is 0 Å². The zero-order valence-electron chi connectivity index (χ0n) is 18.9. The number of nitrogens with one attached hydrogen (secondary N) is 1. The van der Waals surface area contributed by atoms with Gasteiger partial charge in [-0.15, -0.1) is 0 Å². The number of hydrogen-bond donors (Lipinski definition) is 1. The van der Waals surface area contributed by atoms with Crippen LogP contribution in [-0.2, 0) is 21.9 Å². The molecule has 7 heteroatoms. The lowest BCUT2D eigenvalue weighted by Crippen LogP contribution is -2.50. The maximum absolute atomic E-state index is 13.3. The van der Waals surface area contributed by atoms with Gasteiger partial charge in [-0.05, 0) is 43.0 Å². The smallest absolute Gasteiger partial charge is 0.243 e. The van der Waals surface area contributed by atoms with Gasteiger partial charge in [0.1, 0.15) is 6.04 Å². The second-order valence-electron chi connectivity index (χ2n) is 7.79. The standard InChI is InChI=1S/C25H32Cl2N2O2S/c1-4-18(3)28-25(31)23(5-2)29(16-20-11-12-21(26)15-22(20)27)24(30)13-14-32-17-19-9-7-6-8-10-19/h6-12,15,18,23H,4-5,13-14,16-17H2,1-3H3,(H,28,31)/t18-,23-/m1/s1. The van der Waals surface area contributed by atoms with Gasteiger partial charge >= 0.3 is 0 Å². The van der Waals surface area contributed by atoms with Crippen LogP contribution in [0.2, 0.25) is 10.0 Å². The number of benzene rings is 2. The molecule has 32 heavy (non-hydrogen) atoms. The van der Waals surface area contributed by atoms with Crippen molar-refractivity contribution in [1.82, 2.24) is 10.2 Å². The van der Waals surface area contributed by atoms with Crippen LogP contribution in [0, 0.1) is 0 Å². The second kappa shape index (κ2) is 13.8. The zero-order chi connectivity index (χ0) is 23.5. The van der Waals surface area contributed by atoms with Gasteiger partial charge in [-0.25, -0.2) is 0 Å². The van der Waals surface area contributed by atoms with Crippen molar-refractivity contribution in [1.29, 1.82) is 0 Å². The third-order valence-corrected chi connectivity index (χ3v) is 6.93. The summed E-state index contributed by atoms with van der Waals surface area (Å²) in [5, 5.41) is 4.05. The predicted molar refractivity (Wildman–Crippen MR) is 136 cm³/mol. The summed E-state index contributed by atoms with van der Waals surface area (Å²) in [6, 6.07) is 14.9. The summed E-state index contributed by atoms with van der Waals surface area (Å²) in [7, 11) is 0. The number of carbonyl (C=O) groups excluding carboxylic acids is 2. The molecule has 0 aliphatic carbocycles. The molecule has 174 valence electrons. The molecule has 0 heterocycles. The Morgan fingerprint density at radius 3 is 2.41 bits per heavy atom. The Morgan fingerprint density at radius 1 is 1.06 bits per heavy atom. The largest absolute Gasteiger partial charge is 0.352 e. The average molecular weight is 496 g/mol. The van der Waals surface area contributed by atoms with E-state index in [0.29, 0.717) is 28.6 Å². The molecule has 0 unspecified atom stereocenters. The van der Waals surface area contributed by atoms with E-state index in [4.69, 9.17) is 23.2 Å². The van der Waals surface area contributed by atoms with E-state index in [-0.39, 0.29) is 24.4 Å². The highest BCUT2D eigenvalue weighted by atomic mass is 35.5. The Morgan fingerprint density at radius 2 is 1.78 bits per heavy atom. The molecular formula is C25H32Cl2N2O2S.